The molecule has 0 saturated heterocycles. The lowest BCUT2D eigenvalue weighted by molar-refractivity contribution is -0.155. The van der Waals surface area contributed by atoms with Crippen LogP contribution in [-0.4, -0.2) is 98.5 Å². The molecule has 14 nitrogen and oxygen atoms in total. The number of esters is 5. The topological polar surface area (TPSA) is 179 Å². The lowest BCUT2D eigenvalue weighted by Gasteiger charge is -2.37. The monoisotopic (exact) mass is 904 g/mol. The van der Waals surface area contributed by atoms with Crippen LogP contribution in [-0.2, 0) is 39.8 Å². The van der Waals surface area contributed by atoms with Crippen molar-refractivity contribution in [3.05, 3.63) is 173 Å². The van der Waals surface area contributed by atoms with Gasteiger partial charge in [0, 0.05) is 0 Å². The highest BCUT2D eigenvalue weighted by Gasteiger charge is 2.41. The molecule has 0 amide bonds. The van der Waals surface area contributed by atoms with Gasteiger partial charge >= 0.3 is 29.8 Å². The molecule has 3 atom stereocenters. The molecule has 0 saturated carbocycles. The van der Waals surface area contributed by atoms with Gasteiger partial charge < -0.3 is 43.0 Å². The normalized spacial score (nSPS) is 13.7. The minimum atomic E-state index is -1.52. The van der Waals surface area contributed by atoms with E-state index in [9.17, 15) is 29.1 Å². The molecule has 0 bridgehead atoms. The van der Waals surface area contributed by atoms with E-state index in [1.54, 1.807) is 148 Å². The first-order valence-corrected chi connectivity index (χ1v) is 21.6. The lowest BCUT2D eigenvalue weighted by Crippen LogP contribution is -2.50. The SMILES string of the molecule is CCC(COCC(CC)(COC(=O)c1ccc(CO)cc1)OC(=O)c1ccccc1)(COCC(CC)(COC(=O)c1ccc(OC)cc1)OC(=O)c1ccccc1)OC(=O)c1ccccc1. The van der Waals surface area contributed by atoms with E-state index in [0.29, 0.717) is 11.3 Å². The molecule has 0 fully saturated rings. The van der Waals surface area contributed by atoms with Gasteiger partial charge in [0.25, 0.3) is 0 Å². The third-order valence-corrected chi connectivity index (χ3v) is 11.0. The zero-order chi connectivity index (χ0) is 47.4. The molecule has 5 rings (SSSR count). The van der Waals surface area contributed by atoms with Crippen LogP contribution in [0.15, 0.2) is 140 Å². The third-order valence-electron chi connectivity index (χ3n) is 11.0. The molecule has 66 heavy (non-hydrogen) atoms. The smallest absolute Gasteiger partial charge is 0.338 e. The van der Waals surface area contributed by atoms with Crippen LogP contribution in [0.2, 0.25) is 0 Å². The van der Waals surface area contributed by atoms with Crippen molar-refractivity contribution >= 4 is 29.8 Å². The van der Waals surface area contributed by atoms with E-state index >= 15 is 0 Å². The summed E-state index contributed by atoms with van der Waals surface area (Å²) >= 11 is 0. The van der Waals surface area contributed by atoms with Crippen LogP contribution in [0.5, 0.6) is 5.75 Å². The second kappa shape index (κ2) is 24.4. The van der Waals surface area contributed by atoms with E-state index < -0.39 is 53.3 Å². The van der Waals surface area contributed by atoms with Crippen LogP contribution in [0.4, 0.5) is 0 Å². The van der Waals surface area contributed by atoms with Gasteiger partial charge in [-0.2, -0.15) is 0 Å². The zero-order valence-electron chi connectivity index (χ0n) is 37.6. The fraction of sp³-hybridized carbons (Fsp3) is 0.327. The Balaban J connectivity index is 1.40. The van der Waals surface area contributed by atoms with E-state index in [-0.39, 0.29) is 86.7 Å². The average Bonchev–Trinajstić information content (AvgIpc) is 3.37. The first-order chi connectivity index (χ1) is 31.9. The summed E-state index contributed by atoms with van der Waals surface area (Å²) in [6.07, 6.45) is 0.447. The first-order valence-electron chi connectivity index (χ1n) is 21.6. The molecule has 0 aliphatic carbocycles. The van der Waals surface area contributed by atoms with Gasteiger partial charge in [0.1, 0.15) is 19.0 Å². The zero-order valence-corrected chi connectivity index (χ0v) is 37.6. The summed E-state index contributed by atoms with van der Waals surface area (Å²) in [5.41, 5.74) is -2.66. The Morgan fingerprint density at radius 2 is 0.712 bits per heavy atom. The molecule has 0 aliphatic rings. The maximum Gasteiger partial charge on any atom is 0.338 e. The van der Waals surface area contributed by atoms with Gasteiger partial charge in [-0.15, -0.1) is 0 Å². The van der Waals surface area contributed by atoms with Crippen LogP contribution in [0.25, 0.3) is 0 Å². The number of hydrogen-bond donors (Lipinski definition) is 1. The summed E-state index contributed by atoms with van der Waals surface area (Å²) in [6, 6.07) is 37.6. The molecule has 3 unspecified atom stereocenters. The van der Waals surface area contributed by atoms with Gasteiger partial charge in [-0.05, 0) is 97.6 Å². The van der Waals surface area contributed by atoms with Gasteiger partial charge in [0.2, 0.25) is 0 Å². The van der Waals surface area contributed by atoms with Crippen LogP contribution in [0.1, 0.15) is 97.4 Å². The standard InChI is InChI=1S/C52H56O14/c1-5-50(64-47(56)39-17-11-8-12-18-39,32-60-34-51(6-2,65-48(57)40-19-13-9-14-20-40)36-62-45(54)42-25-23-38(31-53)24-26-42)33-61-35-52(7-3,66-49(58)41-21-15-10-16-22-41)37-63-46(55)43-27-29-44(59-4)30-28-43/h8-30,53H,5-7,31-37H2,1-4H3. The van der Waals surface area contributed by atoms with Crippen molar-refractivity contribution in [2.75, 3.05) is 46.8 Å². The van der Waals surface area contributed by atoms with Crippen molar-refractivity contribution in [3.63, 3.8) is 0 Å². The Morgan fingerprint density at radius 1 is 0.409 bits per heavy atom. The summed E-state index contributed by atoms with van der Waals surface area (Å²) in [6.45, 7) is 3.10. The number of carbonyl (C=O) groups excluding carboxylic acids is 5. The predicted molar refractivity (Wildman–Crippen MR) is 242 cm³/mol. The summed E-state index contributed by atoms with van der Waals surface area (Å²) < 4.78 is 47.8. The summed E-state index contributed by atoms with van der Waals surface area (Å²) in [5.74, 6) is -2.84. The molecule has 0 aromatic heterocycles. The van der Waals surface area contributed by atoms with Crippen molar-refractivity contribution in [1.82, 2.24) is 0 Å². The fourth-order valence-corrected chi connectivity index (χ4v) is 6.50. The van der Waals surface area contributed by atoms with E-state index in [1.165, 1.54) is 19.2 Å². The van der Waals surface area contributed by atoms with Gasteiger partial charge in [0.05, 0.1) is 68.0 Å². The first kappa shape index (κ1) is 50.1. The number of aliphatic hydroxyl groups excluding tert-OH is 1. The fourth-order valence-electron chi connectivity index (χ4n) is 6.50. The molecule has 0 heterocycles. The summed E-state index contributed by atoms with van der Waals surface area (Å²) in [7, 11) is 1.51. The number of aliphatic hydroxyl groups is 1. The highest BCUT2D eigenvalue weighted by Crippen LogP contribution is 2.28. The molecule has 14 heteroatoms. The minimum absolute atomic E-state index is 0.142. The van der Waals surface area contributed by atoms with Gasteiger partial charge in [0.15, 0.2) is 16.8 Å². The molecule has 0 radical (unpaired) electrons. The molecule has 5 aromatic carbocycles. The van der Waals surface area contributed by atoms with Crippen LogP contribution < -0.4 is 4.74 Å². The number of rotatable bonds is 25. The Bertz CT molecular complexity index is 2180. The van der Waals surface area contributed by atoms with Gasteiger partial charge in [-0.3, -0.25) is 0 Å². The Morgan fingerprint density at radius 3 is 1.02 bits per heavy atom. The highest BCUT2D eigenvalue weighted by molar-refractivity contribution is 5.92. The quantitative estimate of drug-likeness (QED) is 0.0437. The minimum Gasteiger partial charge on any atom is -0.497 e. The van der Waals surface area contributed by atoms with Gasteiger partial charge in [-0.25, -0.2) is 24.0 Å². The molecular weight excluding hydrogens is 849 g/mol. The third kappa shape index (κ3) is 14.1. The Hall–Kier alpha value is -6.87. The molecule has 5 aromatic rings. The lowest BCUT2D eigenvalue weighted by atomic mass is 10.00. The van der Waals surface area contributed by atoms with E-state index in [0.717, 1.165) is 0 Å². The van der Waals surface area contributed by atoms with Crippen molar-refractivity contribution < 1.29 is 67.0 Å². The van der Waals surface area contributed by atoms with Crippen molar-refractivity contribution in [2.45, 2.75) is 63.4 Å². The number of benzene rings is 5. The molecule has 1 N–H and O–H groups in total. The molecule has 0 spiro atoms. The van der Waals surface area contributed by atoms with Crippen molar-refractivity contribution in [1.29, 1.82) is 0 Å². The maximum absolute atomic E-state index is 13.8. The highest BCUT2D eigenvalue weighted by atomic mass is 16.6. The second-order valence-corrected chi connectivity index (χ2v) is 15.6. The Kier molecular flexibility index (Phi) is 18.6. The average molecular weight is 905 g/mol. The number of hydrogen-bond acceptors (Lipinski definition) is 14. The Labute approximate surface area is 384 Å². The molecule has 348 valence electrons. The van der Waals surface area contributed by atoms with Gasteiger partial charge in [-0.1, -0.05) is 87.5 Å². The van der Waals surface area contributed by atoms with Crippen LogP contribution in [0, 0.1) is 0 Å². The number of carbonyl (C=O) groups is 5. The van der Waals surface area contributed by atoms with Crippen LogP contribution >= 0.6 is 0 Å². The molecule has 0 aliphatic heterocycles. The predicted octanol–water partition coefficient (Wildman–Crippen LogP) is 8.25. The summed E-state index contributed by atoms with van der Waals surface area (Å²) in [4.78, 5) is 67.4. The van der Waals surface area contributed by atoms with Crippen LogP contribution in [0.3, 0.4) is 0 Å². The van der Waals surface area contributed by atoms with E-state index in [2.05, 4.69) is 0 Å². The molecular formula is C52H56O14. The number of methoxy groups -OCH3 is 1. The van der Waals surface area contributed by atoms with E-state index in [1.807, 2.05) is 0 Å². The second-order valence-electron chi connectivity index (χ2n) is 15.6. The van der Waals surface area contributed by atoms with E-state index in [4.69, 9.17) is 37.9 Å². The van der Waals surface area contributed by atoms with Crippen molar-refractivity contribution in [3.8, 4) is 5.75 Å². The summed E-state index contributed by atoms with van der Waals surface area (Å²) in [5, 5.41) is 9.45. The number of ether oxygens (including phenoxy) is 8. The largest absolute Gasteiger partial charge is 0.497 e. The van der Waals surface area contributed by atoms with Crippen molar-refractivity contribution in [2.24, 2.45) is 0 Å². The maximum atomic E-state index is 13.8.